The zero-order chi connectivity index (χ0) is 50.7. The Bertz CT molecular complexity index is 1400. The lowest BCUT2D eigenvalue weighted by Gasteiger charge is -2.18. The van der Waals surface area contributed by atoms with Crippen LogP contribution in [0.3, 0.4) is 0 Å². The Labute approximate surface area is 432 Å². The first kappa shape index (κ1) is 66.3. The number of allylic oxidation sites excluding steroid dienone is 16. The molecule has 0 aromatic carbocycles. The number of unbranched alkanes of at least 4 members (excludes halogenated alkanes) is 25. The third-order valence-corrected chi connectivity index (χ3v) is 12.3. The molecule has 70 heavy (non-hydrogen) atoms. The van der Waals surface area contributed by atoms with Crippen LogP contribution in [-0.2, 0) is 28.6 Å². The van der Waals surface area contributed by atoms with Crippen LogP contribution in [0.1, 0.15) is 271 Å². The van der Waals surface area contributed by atoms with Gasteiger partial charge in [0.2, 0.25) is 0 Å². The van der Waals surface area contributed by atoms with Crippen LogP contribution in [0.2, 0.25) is 0 Å². The molecule has 0 fully saturated rings. The molecule has 0 aromatic heterocycles. The van der Waals surface area contributed by atoms with Crippen molar-refractivity contribution in [3.63, 3.8) is 0 Å². The van der Waals surface area contributed by atoms with E-state index in [1.54, 1.807) is 0 Å². The molecule has 0 bridgehead atoms. The molecule has 1 unspecified atom stereocenters. The highest BCUT2D eigenvalue weighted by Crippen LogP contribution is 2.15. The second-order valence-electron chi connectivity index (χ2n) is 19.2. The molecule has 0 saturated carbocycles. The first-order valence-corrected chi connectivity index (χ1v) is 29.2. The molecule has 0 aromatic rings. The average Bonchev–Trinajstić information content (AvgIpc) is 3.36. The van der Waals surface area contributed by atoms with Crippen molar-refractivity contribution in [3.8, 4) is 0 Å². The predicted octanol–water partition coefficient (Wildman–Crippen LogP) is 19.7. The summed E-state index contributed by atoms with van der Waals surface area (Å²) in [5, 5.41) is 0. The maximum atomic E-state index is 12.8. The van der Waals surface area contributed by atoms with Crippen LogP contribution in [0.4, 0.5) is 0 Å². The molecule has 0 radical (unpaired) electrons. The minimum Gasteiger partial charge on any atom is -0.462 e. The van der Waals surface area contributed by atoms with Crippen LogP contribution in [0, 0.1) is 0 Å². The van der Waals surface area contributed by atoms with Gasteiger partial charge in [0.05, 0.1) is 0 Å². The first-order chi connectivity index (χ1) is 34.5. The zero-order valence-corrected chi connectivity index (χ0v) is 45.8. The van der Waals surface area contributed by atoms with Gasteiger partial charge < -0.3 is 14.2 Å². The summed E-state index contributed by atoms with van der Waals surface area (Å²) in [6.45, 7) is 6.43. The summed E-state index contributed by atoms with van der Waals surface area (Å²) in [6, 6.07) is 0. The molecule has 6 heteroatoms. The highest BCUT2D eigenvalue weighted by atomic mass is 16.6. The Morgan fingerprint density at radius 1 is 0.300 bits per heavy atom. The quantitative estimate of drug-likeness (QED) is 0.0262. The van der Waals surface area contributed by atoms with E-state index in [2.05, 4.69) is 118 Å². The van der Waals surface area contributed by atoms with Crippen molar-refractivity contribution >= 4 is 17.9 Å². The Hall–Kier alpha value is -3.67. The molecule has 0 aliphatic rings. The Morgan fingerprint density at radius 3 is 0.943 bits per heavy atom. The van der Waals surface area contributed by atoms with Gasteiger partial charge in [-0.3, -0.25) is 14.4 Å². The number of carbonyl (C=O) groups is 3. The van der Waals surface area contributed by atoms with Gasteiger partial charge in [-0.2, -0.15) is 0 Å². The van der Waals surface area contributed by atoms with E-state index >= 15 is 0 Å². The van der Waals surface area contributed by atoms with E-state index in [4.69, 9.17) is 14.2 Å². The van der Waals surface area contributed by atoms with Gasteiger partial charge >= 0.3 is 17.9 Å². The smallest absolute Gasteiger partial charge is 0.306 e. The van der Waals surface area contributed by atoms with Gasteiger partial charge in [-0.05, 0) is 116 Å². The monoisotopic (exact) mass is 973 g/mol. The van der Waals surface area contributed by atoms with E-state index in [0.29, 0.717) is 19.3 Å². The van der Waals surface area contributed by atoms with Crippen molar-refractivity contribution in [2.24, 2.45) is 0 Å². The molecule has 0 spiro atoms. The van der Waals surface area contributed by atoms with E-state index in [-0.39, 0.29) is 31.1 Å². The molecule has 0 N–H and O–H groups in total. The zero-order valence-electron chi connectivity index (χ0n) is 45.8. The van der Waals surface area contributed by atoms with Crippen molar-refractivity contribution in [1.82, 2.24) is 0 Å². The molecular weight excluding hydrogens is 865 g/mol. The molecule has 0 rings (SSSR count). The number of rotatable bonds is 52. The molecule has 1 atom stereocenters. The Kier molecular flexibility index (Phi) is 54.9. The van der Waals surface area contributed by atoms with Crippen molar-refractivity contribution in [2.45, 2.75) is 277 Å². The average molecular weight is 974 g/mol. The molecule has 0 amide bonds. The van der Waals surface area contributed by atoms with Crippen LogP contribution in [0.25, 0.3) is 0 Å². The fourth-order valence-corrected chi connectivity index (χ4v) is 7.91. The largest absolute Gasteiger partial charge is 0.462 e. The summed E-state index contributed by atoms with van der Waals surface area (Å²) < 4.78 is 16.8. The lowest BCUT2D eigenvalue weighted by Crippen LogP contribution is -2.30. The highest BCUT2D eigenvalue weighted by Gasteiger charge is 2.19. The summed E-state index contributed by atoms with van der Waals surface area (Å²) in [5.74, 6) is -0.908. The maximum Gasteiger partial charge on any atom is 0.306 e. The molecule has 6 nitrogen and oxygen atoms in total. The van der Waals surface area contributed by atoms with Gasteiger partial charge in [-0.1, -0.05) is 234 Å². The van der Waals surface area contributed by atoms with Crippen molar-refractivity contribution in [2.75, 3.05) is 13.2 Å². The first-order valence-electron chi connectivity index (χ1n) is 29.2. The number of hydrogen-bond acceptors (Lipinski definition) is 6. The van der Waals surface area contributed by atoms with Crippen LogP contribution in [-0.4, -0.2) is 37.2 Å². The fourth-order valence-electron chi connectivity index (χ4n) is 7.91. The highest BCUT2D eigenvalue weighted by molar-refractivity contribution is 5.71. The van der Waals surface area contributed by atoms with Gasteiger partial charge in [0.25, 0.3) is 0 Å². The van der Waals surface area contributed by atoms with Gasteiger partial charge in [0.1, 0.15) is 13.2 Å². The molecule has 0 saturated heterocycles. The molecule has 400 valence electrons. The van der Waals surface area contributed by atoms with Gasteiger partial charge in [-0.15, -0.1) is 0 Å². The molecule has 0 heterocycles. The predicted molar refractivity (Wildman–Crippen MR) is 302 cm³/mol. The number of carbonyl (C=O) groups excluding carboxylic acids is 3. The lowest BCUT2D eigenvalue weighted by molar-refractivity contribution is -0.167. The third kappa shape index (κ3) is 55.3. The minimum absolute atomic E-state index is 0.0867. The van der Waals surface area contributed by atoms with Crippen LogP contribution >= 0.6 is 0 Å². The third-order valence-electron chi connectivity index (χ3n) is 12.3. The normalized spacial score (nSPS) is 12.8. The van der Waals surface area contributed by atoms with E-state index in [1.807, 2.05) is 0 Å². The summed E-state index contributed by atoms with van der Waals surface area (Å²) in [7, 11) is 0. The molecule has 0 aliphatic heterocycles. The van der Waals surface area contributed by atoms with Gasteiger partial charge in [-0.25, -0.2) is 0 Å². The summed E-state index contributed by atoms with van der Waals surface area (Å²) in [6.07, 6.45) is 76.9. The van der Waals surface area contributed by atoms with Crippen LogP contribution in [0.5, 0.6) is 0 Å². The second kappa shape index (κ2) is 57.9. The number of hydrogen-bond donors (Lipinski definition) is 0. The van der Waals surface area contributed by atoms with Crippen molar-refractivity contribution in [3.05, 3.63) is 97.2 Å². The van der Waals surface area contributed by atoms with Gasteiger partial charge in [0.15, 0.2) is 6.10 Å². The van der Waals surface area contributed by atoms with Crippen molar-refractivity contribution < 1.29 is 28.6 Å². The van der Waals surface area contributed by atoms with Crippen LogP contribution in [0.15, 0.2) is 97.2 Å². The van der Waals surface area contributed by atoms with E-state index in [9.17, 15) is 14.4 Å². The van der Waals surface area contributed by atoms with Crippen molar-refractivity contribution in [1.29, 1.82) is 0 Å². The van der Waals surface area contributed by atoms with E-state index in [1.165, 1.54) is 109 Å². The summed E-state index contributed by atoms with van der Waals surface area (Å²) >= 11 is 0. The summed E-state index contributed by atoms with van der Waals surface area (Å²) in [4.78, 5) is 38.1. The van der Waals surface area contributed by atoms with E-state index < -0.39 is 6.10 Å². The molecule has 0 aliphatic carbocycles. The SMILES string of the molecule is CC/C=C\C/C=C\C/C=C\C/C=C\C/C=C\CCCCCCCCCCCC(=O)OCC(COC(=O)CCCCCCC/C=C\CCC)OC(=O)CCCCCCCCC/C=C\C/C=C\CCCCC. The second-order valence-corrected chi connectivity index (χ2v) is 19.2. The Morgan fingerprint density at radius 2 is 0.586 bits per heavy atom. The minimum atomic E-state index is -0.788. The van der Waals surface area contributed by atoms with Gasteiger partial charge in [0, 0.05) is 19.3 Å². The lowest BCUT2D eigenvalue weighted by atomic mass is 10.1. The standard InChI is InChI=1S/C64H108O6/c1-4-7-10-13-16-19-22-24-26-28-29-30-31-32-33-34-35-37-38-40-42-45-48-51-54-57-63(66)69-60-61(59-68-62(65)56-53-50-47-44-21-18-15-12-9-6-3)70-64(67)58-55-52-49-46-43-41-39-36-27-25-23-20-17-14-11-8-5-2/h7,10,12,15-17,19-20,24-27,29-30,32-33,61H,4-6,8-9,11,13-14,18,21-23,28,31,34-60H2,1-3H3/b10-7-,15-12-,19-16-,20-17-,26-24-,27-25-,30-29-,33-32-. The Balaban J connectivity index is 4.30. The molecular formula is C64H108O6. The summed E-state index contributed by atoms with van der Waals surface area (Å²) in [5.41, 5.74) is 0. The number of esters is 3. The van der Waals surface area contributed by atoms with E-state index in [0.717, 1.165) is 122 Å². The fraction of sp³-hybridized carbons (Fsp3) is 0.703. The topological polar surface area (TPSA) is 78.9 Å². The maximum absolute atomic E-state index is 12.8. The number of ether oxygens (including phenoxy) is 3. The van der Waals surface area contributed by atoms with Crippen LogP contribution < -0.4 is 0 Å².